The molecule has 1 unspecified atom stereocenters. The van der Waals surface area contributed by atoms with E-state index in [-0.39, 0.29) is 22.0 Å². The molecule has 1 aliphatic heterocycles. The number of anilines is 2. The highest BCUT2D eigenvalue weighted by Crippen LogP contribution is 2.42. The number of thioether (sulfide) groups is 1. The second-order valence-corrected chi connectivity index (χ2v) is 9.20. The van der Waals surface area contributed by atoms with Crippen LogP contribution in [-0.4, -0.2) is 20.1 Å². The van der Waals surface area contributed by atoms with Gasteiger partial charge in [0.05, 0.1) is 10.6 Å². The molecular formula is C21H17FN2O3S2. The van der Waals surface area contributed by atoms with E-state index in [9.17, 15) is 17.6 Å². The van der Waals surface area contributed by atoms with Gasteiger partial charge in [0.1, 0.15) is 11.2 Å². The summed E-state index contributed by atoms with van der Waals surface area (Å²) >= 11 is 1.47. The summed E-state index contributed by atoms with van der Waals surface area (Å²) < 4.78 is 40.7. The Morgan fingerprint density at radius 2 is 1.59 bits per heavy atom. The molecule has 0 spiro atoms. The molecule has 0 aliphatic carbocycles. The average molecular weight is 429 g/mol. The highest BCUT2D eigenvalue weighted by Gasteiger charge is 2.34. The van der Waals surface area contributed by atoms with Crippen LogP contribution < -0.4 is 9.62 Å². The minimum Gasteiger partial charge on any atom is -0.295 e. The van der Waals surface area contributed by atoms with Crippen molar-refractivity contribution in [2.75, 3.05) is 15.4 Å². The van der Waals surface area contributed by atoms with Crippen LogP contribution >= 0.6 is 11.8 Å². The van der Waals surface area contributed by atoms with E-state index in [1.807, 2.05) is 0 Å². The SMILES string of the molecule is O=C1CSC(c2ccc(NS(=O)(=O)c3ccccc3)cc2)N1c1ccc(F)cc1. The number of hydrogen-bond donors (Lipinski definition) is 1. The van der Waals surface area contributed by atoms with Crippen LogP contribution in [0.25, 0.3) is 0 Å². The molecule has 0 aromatic heterocycles. The van der Waals surface area contributed by atoms with Crippen LogP contribution in [0.4, 0.5) is 15.8 Å². The van der Waals surface area contributed by atoms with E-state index in [0.29, 0.717) is 17.1 Å². The molecule has 4 rings (SSSR count). The van der Waals surface area contributed by atoms with E-state index in [4.69, 9.17) is 0 Å². The summed E-state index contributed by atoms with van der Waals surface area (Å²) in [6.45, 7) is 0. The average Bonchev–Trinajstić information content (AvgIpc) is 3.11. The van der Waals surface area contributed by atoms with Gasteiger partial charge in [0, 0.05) is 11.4 Å². The zero-order valence-corrected chi connectivity index (χ0v) is 16.8. The third-order valence-electron chi connectivity index (χ3n) is 4.47. The van der Waals surface area contributed by atoms with Gasteiger partial charge in [-0.05, 0) is 54.1 Å². The fourth-order valence-electron chi connectivity index (χ4n) is 3.08. The van der Waals surface area contributed by atoms with Gasteiger partial charge >= 0.3 is 0 Å². The summed E-state index contributed by atoms with van der Waals surface area (Å²) in [5.41, 5.74) is 1.91. The fourth-order valence-corrected chi connectivity index (χ4v) is 5.34. The van der Waals surface area contributed by atoms with Crippen LogP contribution in [0.3, 0.4) is 0 Å². The molecule has 5 nitrogen and oxygen atoms in total. The highest BCUT2D eigenvalue weighted by atomic mass is 32.2. The second kappa shape index (κ2) is 7.88. The van der Waals surface area contributed by atoms with Crippen molar-refractivity contribution in [3.8, 4) is 0 Å². The molecule has 29 heavy (non-hydrogen) atoms. The molecule has 1 aliphatic rings. The molecule has 8 heteroatoms. The van der Waals surface area contributed by atoms with Gasteiger partial charge in [0.15, 0.2) is 0 Å². The zero-order valence-electron chi connectivity index (χ0n) is 15.2. The molecule has 1 amide bonds. The van der Waals surface area contributed by atoms with E-state index in [0.717, 1.165) is 5.56 Å². The van der Waals surface area contributed by atoms with Crippen LogP contribution in [0, 0.1) is 5.82 Å². The van der Waals surface area contributed by atoms with Crippen LogP contribution in [0.15, 0.2) is 83.8 Å². The third-order valence-corrected chi connectivity index (χ3v) is 7.08. The van der Waals surface area contributed by atoms with Gasteiger partial charge in [-0.3, -0.25) is 14.4 Å². The van der Waals surface area contributed by atoms with E-state index < -0.39 is 10.0 Å². The van der Waals surface area contributed by atoms with Crippen molar-refractivity contribution in [2.24, 2.45) is 0 Å². The number of carbonyl (C=O) groups is 1. The van der Waals surface area contributed by atoms with Crippen LogP contribution in [0.5, 0.6) is 0 Å². The number of nitrogens with zero attached hydrogens (tertiary/aromatic N) is 1. The first-order chi connectivity index (χ1) is 13.9. The molecule has 0 radical (unpaired) electrons. The summed E-state index contributed by atoms with van der Waals surface area (Å²) in [6.07, 6.45) is 0. The molecule has 1 N–H and O–H groups in total. The van der Waals surface area contributed by atoms with Crippen molar-refractivity contribution in [3.63, 3.8) is 0 Å². The Morgan fingerprint density at radius 1 is 0.931 bits per heavy atom. The van der Waals surface area contributed by atoms with Gasteiger partial charge in [-0.15, -0.1) is 11.8 Å². The van der Waals surface area contributed by atoms with Crippen LogP contribution in [0.1, 0.15) is 10.9 Å². The molecule has 1 heterocycles. The Hall–Kier alpha value is -2.84. The van der Waals surface area contributed by atoms with Crippen molar-refractivity contribution >= 4 is 39.1 Å². The third kappa shape index (κ3) is 4.13. The lowest BCUT2D eigenvalue weighted by molar-refractivity contribution is -0.115. The largest absolute Gasteiger partial charge is 0.295 e. The lowest BCUT2D eigenvalue weighted by Crippen LogP contribution is -2.27. The van der Waals surface area contributed by atoms with Gasteiger partial charge in [-0.2, -0.15) is 0 Å². The predicted molar refractivity (Wildman–Crippen MR) is 113 cm³/mol. The molecule has 0 bridgehead atoms. The Kier molecular flexibility index (Phi) is 5.29. The number of amides is 1. The smallest absolute Gasteiger partial charge is 0.261 e. The maximum atomic E-state index is 13.2. The first kappa shape index (κ1) is 19.5. The predicted octanol–water partition coefficient (Wildman–Crippen LogP) is 4.41. The number of sulfonamides is 1. The van der Waals surface area contributed by atoms with E-state index in [2.05, 4.69) is 4.72 Å². The fraction of sp³-hybridized carbons (Fsp3) is 0.0952. The molecule has 3 aromatic rings. The topological polar surface area (TPSA) is 66.5 Å². The van der Waals surface area contributed by atoms with Crippen LogP contribution in [0.2, 0.25) is 0 Å². The molecule has 148 valence electrons. The Morgan fingerprint density at radius 3 is 2.24 bits per heavy atom. The van der Waals surface area contributed by atoms with Gasteiger partial charge in [0.2, 0.25) is 5.91 Å². The normalized spacial score (nSPS) is 16.8. The number of nitrogens with one attached hydrogen (secondary N) is 1. The van der Waals surface area contributed by atoms with Gasteiger partial charge in [0.25, 0.3) is 10.0 Å². The molecule has 1 atom stereocenters. The number of carbonyl (C=O) groups excluding carboxylic acids is 1. The number of rotatable bonds is 5. The zero-order chi connectivity index (χ0) is 20.4. The van der Waals surface area contributed by atoms with E-state index in [1.54, 1.807) is 59.5 Å². The standard InChI is InChI=1S/C21H17FN2O3S2/c22-16-8-12-18(13-9-16)24-20(25)14-28-21(24)15-6-10-17(11-7-15)23-29(26,27)19-4-2-1-3-5-19/h1-13,21,23H,14H2. The summed E-state index contributed by atoms with van der Waals surface area (Å²) in [4.78, 5) is 14.2. The summed E-state index contributed by atoms with van der Waals surface area (Å²) in [5, 5.41) is -0.257. The molecule has 1 fully saturated rings. The van der Waals surface area contributed by atoms with Crippen LogP contribution in [-0.2, 0) is 14.8 Å². The monoisotopic (exact) mass is 428 g/mol. The van der Waals surface area contributed by atoms with E-state index >= 15 is 0 Å². The first-order valence-electron chi connectivity index (χ1n) is 8.81. The quantitative estimate of drug-likeness (QED) is 0.654. The minimum absolute atomic E-state index is 0.0551. The Balaban J connectivity index is 1.56. The van der Waals surface area contributed by atoms with Gasteiger partial charge < -0.3 is 0 Å². The highest BCUT2D eigenvalue weighted by molar-refractivity contribution is 8.00. The first-order valence-corrected chi connectivity index (χ1v) is 11.3. The van der Waals surface area contributed by atoms with Crippen molar-refractivity contribution in [3.05, 3.63) is 90.2 Å². The summed E-state index contributed by atoms with van der Waals surface area (Å²) in [5.74, 6) is -0.0927. The molecule has 1 saturated heterocycles. The molecular weight excluding hydrogens is 411 g/mol. The van der Waals surface area contributed by atoms with Crippen molar-refractivity contribution in [1.29, 1.82) is 0 Å². The summed E-state index contributed by atoms with van der Waals surface area (Å²) in [7, 11) is -3.67. The minimum atomic E-state index is -3.67. The van der Waals surface area contributed by atoms with Gasteiger partial charge in [-0.1, -0.05) is 30.3 Å². The number of halogens is 1. The van der Waals surface area contributed by atoms with Crippen molar-refractivity contribution < 1.29 is 17.6 Å². The van der Waals surface area contributed by atoms with Crippen molar-refractivity contribution in [2.45, 2.75) is 10.3 Å². The van der Waals surface area contributed by atoms with E-state index in [1.165, 1.54) is 36.0 Å². The lowest BCUT2D eigenvalue weighted by atomic mass is 10.1. The maximum absolute atomic E-state index is 13.2. The lowest BCUT2D eigenvalue weighted by Gasteiger charge is -2.24. The number of hydrogen-bond acceptors (Lipinski definition) is 4. The molecule has 0 saturated carbocycles. The Bertz CT molecular complexity index is 1120. The van der Waals surface area contributed by atoms with Gasteiger partial charge in [-0.25, -0.2) is 12.8 Å². The molecule has 3 aromatic carbocycles. The van der Waals surface area contributed by atoms with Crippen molar-refractivity contribution in [1.82, 2.24) is 0 Å². The second-order valence-electron chi connectivity index (χ2n) is 6.44. The number of benzene rings is 3. The summed E-state index contributed by atoms with van der Waals surface area (Å²) in [6, 6.07) is 20.8. The Labute approximate surface area is 172 Å². The maximum Gasteiger partial charge on any atom is 0.261 e.